The maximum absolute atomic E-state index is 5.73. The first-order valence-corrected chi connectivity index (χ1v) is 6.70. The lowest BCUT2D eigenvalue weighted by atomic mass is 10.0. The van der Waals surface area contributed by atoms with Gasteiger partial charge in [-0.2, -0.15) is 4.98 Å². The molecule has 0 saturated heterocycles. The highest BCUT2D eigenvalue weighted by Gasteiger charge is 2.30. The fourth-order valence-electron chi connectivity index (χ4n) is 1.70. The van der Waals surface area contributed by atoms with E-state index in [0.29, 0.717) is 24.4 Å². The Kier molecular flexibility index (Phi) is 5.75. The van der Waals surface area contributed by atoms with E-state index in [1.807, 2.05) is 20.9 Å². The van der Waals surface area contributed by atoms with E-state index in [4.69, 9.17) is 9.26 Å². The first kappa shape index (κ1) is 15.1. The summed E-state index contributed by atoms with van der Waals surface area (Å²) in [6.07, 6.45) is 2.60. The van der Waals surface area contributed by atoms with Crippen LogP contribution < -0.4 is 5.32 Å². The number of aromatic nitrogens is 2. The number of ether oxygens (including phenoxy) is 1. The minimum Gasteiger partial charge on any atom is -0.367 e. The number of nitrogens with one attached hydrogen (secondary N) is 1. The smallest absolute Gasteiger partial charge is 0.226 e. The van der Waals surface area contributed by atoms with Crippen molar-refractivity contribution in [2.45, 2.75) is 58.6 Å². The van der Waals surface area contributed by atoms with Crippen LogP contribution in [0.25, 0.3) is 0 Å². The van der Waals surface area contributed by atoms with Gasteiger partial charge in [-0.05, 0) is 40.7 Å². The molecule has 0 fully saturated rings. The van der Waals surface area contributed by atoms with Gasteiger partial charge in [0.1, 0.15) is 5.60 Å². The maximum atomic E-state index is 5.73. The molecule has 104 valence electrons. The van der Waals surface area contributed by atoms with E-state index in [1.165, 1.54) is 0 Å². The predicted molar refractivity (Wildman–Crippen MR) is 70.4 cm³/mol. The molecule has 18 heavy (non-hydrogen) atoms. The summed E-state index contributed by atoms with van der Waals surface area (Å²) in [5, 5.41) is 7.24. The number of nitrogens with zero attached hydrogens (tertiary/aromatic N) is 2. The van der Waals surface area contributed by atoms with E-state index in [2.05, 4.69) is 29.3 Å². The van der Waals surface area contributed by atoms with Crippen molar-refractivity contribution in [1.29, 1.82) is 0 Å². The second kappa shape index (κ2) is 6.85. The quantitative estimate of drug-likeness (QED) is 0.772. The van der Waals surface area contributed by atoms with E-state index < -0.39 is 5.60 Å². The van der Waals surface area contributed by atoms with Gasteiger partial charge in [-0.25, -0.2) is 0 Å². The highest BCUT2D eigenvalue weighted by atomic mass is 16.5. The molecule has 2 atom stereocenters. The Morgan fingerprint density at radius 3 is 2.72 bits per heavy atom. The van der Waals surface area contributed by atoms with Crippen LogP contribution in [0.3, 0.4) is 0 Å². The summed E-state index contributed by atoms with van der Waals surface area (Å²) in [5.74, 6) is 1.34. The second-order valence-electron chi connectivity index (χ2n) is 4.76. The van der Waals surface area contributed by atoms with Gasteiger partial charge in [0.05, 0.1) is 0 Å². The first-order chi connectivity index (χ1) is 8.55. The summed E-state index contributed by atoms with van der Waals surface area (Å²) in [6.45, 7) is 8.82. The Balaban J connectivity index is 2.66. The lowest BCUT2D eigenvalue weighted by Gasteiger charge is -2.23. The Labute approximate surface area is 109 Å². The van der Waals surface area contributed by atoms with Crippen LogP contribution in [0.1, 0.15) is 52.3 Å². The summed E-state index contributed by atoms with van der Waals surface area (Å²) in [4.78, 5) is 4.45. The Morgan fingerprint density at radius 1 is 1.44 bits per heavy atom. The molecule has 0 aliphatic rings. The third-order valence-electron chi connectivity index (χ3n) is 3.36. The lowest BCUT2D eigenvalue weighted by Crippen LogP contribution is -2.26. The van der Waals surface area contributed by atoms with E-state index >= 15 is 0 Å². The van der Waals surface area contributed by atoms with Crippen molar-refractivity contribution in [1.82, 2.24) is 15.5 Å². The van der Waals surface area contributed by atoms with Gasteiger partial charge in [-0.1, -0.05) is 12.1 Å². The molecule has 0 aliphatic heterocycles. The molecule has 2 unspecified atom stereocenters. The Hall–Kier alpha value is -0.940. The van der Waals surface area contributed by atoms with Crippen LogP contribution in [-0.2, 0) is 16.8 Å². The highest BCUT2D eigenvalue weighted by molar-refractivity contribution is 4.99. The van der Waals surface area contributed by atoms with Crippen LogP contribution in [0.5, 0.6) is 0 Å². The summed E-state index contributed by atoms with van der Waals surface area (Å²) in [6, 6.07) is 0.449. The molecule has 1 aromatic heterocycles. The molecule has 0 spiro atoms. The minimum atomic E-state index is -0.439. The summed E-state index contributed by atoms with van der Waals surface area (Å²) in [7, 11) is 1.95. The Bertz CT molecular complexity index is 354. The Morgan fingerprint density at radius 2 is 2.17 bits per heavy atom. The van der Waals surface area contributed by atoms with Crippen LogP contribution in [0.15, 0.2) is 4.52 Å². The normalized spacial score (nSPS) is 16.5. The molecule has 0 amide bonds. The molecular weight excluding hydrogens is 230 g/mol. The van der Waals surface area contributed by atoms with Crippen molar-refractivity contribution in [2.24, 2.45) is 0 Å². The SMILES string of the molecule is CCOC(C)(CC)c1noc(CCC(C)NC)n1. The van der Waals surface area contributed by atoms with Crippen molar-refractivity contribution >= 4 is 0 Å². The van der Waals surface area contributed by atoms with E-state index in [9.17, 15) is 0 Å². The molecule has 5 nitrogen and oxygen atoms in total. The molecule has 1 heterocycles. The van der Waals surface area contributed by atoms with Gasteiger partial charge < -0.3 is 14.6 Å². The average Bonchev–Trinajstić information content (AvgIpc) is 2.85. The van der Waals surface area contributed by atoms with Crippen LogP contribution in [-0.4, -0.2) is 29.8 Å². The van der Waals surface area contributed by atoms with Crippen LogP contribution in [0.2, 0.25) is 0 Å². The van der Waals surface area contributed by atoms with E-state index in [0.717, 1.165) is 19.3 Å². The van der Waals surface area contributed by atoms with Crippen molar-refractivity contribution in [3.05, 3.63) is 11.7 Å². The molecular formula is C13H25N3O2. The molecule has 1 rings (SSSR count). The molecule has 0 saturated carbocycles. The topological polar surface area (TPSA) is 60.2 Å². The summed E-state index contributed by atoms with van der Waals surface area (Å²) >= 11 is 0. The average molecular weight is 255 g/mol. The second-order valence-corrected chi connectivity index (χ2v) is 4.76. The molecule has 1 aromatic rings. The summed E-state index contributed by atoms with van der Waals surface area (Å²) < 4.78 is 11.0. The zero-order valence-electron chi connectivity index (χ0n) is 12.1. The largest absolute Gasteiger partial charge is 0.367 e. The molecule has 1 N–H and O–H groups in total. The van der Waals surface area contributed by atoms with Gasteiger partial charge in [0.2, 0.25) is 11.7 Å². The summed E-state index contributed by atoms with van der Waals surface area (Å²) in [5.41, 5.74) is -0.439. The molecule has 0 aliphatic carbocycles. The first-order valence-electron chi connectivity index (χ1n) is 6.70. The van der Waals surface area contributed by atoms with E-state index in [1.54, 1.807) is 0 Å². The van der Waals surface area contributed by atoms with Crippen molar-refractivity contribution < 1.29 is 9.26 Å². The molecule has 0 radical (unpaired) electrons. The lowest BCUT2D eigenvalue weighted by molar-refractivity contribution is -0.0403. The number of hydrogen-bond donors (Lipinski definition) is 1. The van der Waals surface area contributed by atoms with Gasteiger partial charge in [-0.15, -0.1) is 0 Å². The number of rotatable bonds is 8. The van der Waals surface area contributed by atoms with Gasteiger partial charge in [0.15, 0.2) is 0 Å². The van der Waals surface area contributed by atoms with Crippen molar-refractivity contribution in [2.75, 3.05) is 13.7 Å². The standard InChI is InChI=1S/C13H25N3O2/c1-6-13(4,17-7-2)12-15-11(18-16-12)9-8-10(3)14-5/h10,14H,6-9H2,1-5H3. The zero-order valence-corrected chi connectivity index (χ0v) is 12.1. The van der Waals surface area contributed by atoms with Crippen LogP contribution in [0.4, 0.5) is 0 Å². The monoisotopic (exact) mass is 255 g/mol. The fourth-order valence-corrected chi connectivity index (χ4v) is 1.70. The third-order valence-corrected chi connectivity index (χ3v) is 3.36. The van der Waals surface area contributed by atoms with Gasteiger partial charge in [0.25, 0.3) is 0 Å². The number of hydrogen-bond acceptors (Lipinski definition) is 5. The van der Waals surface area contributed by atoms with Gasteiger partial charge >= 0.3 is 0 Å². The minimum absolute atomic E-state index is 0.439. The van der Waals surface area contributed by atoms with Crippen LogP contribution in [0, 0.1) is 0 Å². The predicted octanol–water partition coefficient (Wildman–Crippen LogP) is 2.27. The van der Waals surface area contributed by atoms with Crippen molar-refractivity contribution in [3.63, 3.8) is 0 Å². The third kappa shape index (κ3) is 3.78. The zero-order chi connectivity index (χ0) is 13.6. The maximum Gasteiger partial charge on any atom is 0.226 e. The fraction of sp³-hybridized carbons (Fsp3) is 0.846. The van der Waals surface area contributed by atoms with Crippen LogP contribution >= 0.6 is 0 Å². The molecule has 5 heteroatoms. The van der Waals surface area contributed by atoms with Gasteiger partial charge in [0, 0.05) is 19.1 Å². The molecule has 0 bridgehead atoms. The number of aryl methyl sites for hydroxylation is 1. The molecule has 0 aromatic carbocycles. The van der Waals surface area contributed by atoms with E-state index in [-0.39, 0.29) is 0 Å². The van der Waals surface area contributed by atoms with Gasteiger partial charge in [-0.3, -0.25) is 0 Å². The highest BCUT2D eigenvalue weighted by Crippen LogP contribution is 2.26. The van der Waals surface area contributed by atoms with Crippen molar-refractivity contribution in [3.8, 4) is 0 Å².